The first-order valence-corrected chi connectivity index (χ1v) is 11.7. The summed E-state index contributed by atoms with van der Waals surface area (Å²) in [5.41, 5.74) is -3.33. The van der Waals surface area contributed by atoms with Crippen molar-refractivity contribution in [1.29, 1.82) is 0 Å². The summed E-state index contributed by atoms with van der Waals surface area (Å²) >= 11 is 0. The molecule has 2 rings (SSSR count). The Morgan fingerprint density at radius 3 is 1.10 bits per heavy atom. The molecule has 0 saturated carbocycles. The zero-order valence-electron chi connectivity index (χ0n) is 22.6. The number of carbonyl (C=O) groups excluding carboxylic acids is 4. The van der Waals surface area contributed by atoms with Crippen LogP contribution in [0.5, 0.6) is 0 Å². The van der Waals surface area contributed by atoms with E-state index in [0.29, 0.717) is 0 Å². The minimum Gasteiger partial charge on any atom is -0.457 e. The predicted octanol–water partition coefficient (Wildman–Crippen LogP) is 3.94. The molecule has 0 N–H and O–H groups in total. The van der Waals surface area contributed by atoms with Gasteiger partial charge in [-0.15, -0.1) is 0 Å². The summed E-state index contributed by atoms with van der Waals surface area (Å²) < 4.78 is 21.2. The molecule has 14 heteroatoms. The number of nitrogens with zero attached hydrogens (tertiary/aromatic N) is 2. The van der Waals surface area contributed by atoms with Crippen LogP contribution in [0.25, 0.3) is 0 Å². The third kappa shape index (κ3) is 9.15. The molecule has 0 saturated heterocycles. The van der Waals surface area contributed by atoms with Crippen molar-refractivity contribution in [3.8, 4) is 0 Å². The van der Waals surface area contributed by atoms with Crippen LogP contribution in [-0.2, 0) is 28.5 Å². The summed E-state index contributed by atoms with van der Waals surface area (Å²) in [6.07, 6.45) is -4.34. The van der Waals surface area contributed by atoms with Crippen LogP contribution in [0.15, 0.2) is 48.5 Å². The molecule has 0 fully saturated rings. The van der Waals surface area contributed by atoms with Gasteiger partial charge in [0.05, 0.1) is 21.0 Å². The lowest BCUT2D eigenvalue weighted by atomic mass is 10.1. The summed E-state index contributed by atoms with van der Waals surface area (Å²) in [6.45, 7) is 9.03. The summed E-state index contributed by atoms with van der Waals surface area (Å²) in [7, 11) is 0. The zero-order chi connectivity index (χ0) is 30.4. The highest BCUT2D eigenvalue weighted by Crippen LogP contribution is 2.22. The van der Waals surface area contributed by atoms with Crippen molar-refractivity contribution >= 4 is 35.3 Å². The van der Waals surface area contributed by atoms with Crippen molar-refractivity contribution < 1.29 is 48.0 Å². The number of ether oxygens (including phenoxy) is 4. The van der Waals surface area contributed by atoms with Crippen molar-refractivity contribution in [2.75, 3.05) is 0 Å². The number of hydrogen-bond donors (Lipinski definition) is 0. The molecule has 214 valence electrons. The highest BCUT2D eigenvalue weighted by molar-refractivity contribution is 5.96. The smallest absolute Gasteiger partial charge is 0.352 e. The number of carbonyl (C=O) groups is 4. The Kier molecular flexibility index (Phi) is 9.65. The number of rotatable bonds is 9. The minimum atomic E-state index is -2.17. The molecule has 2 atom stereocenters. The van der Waals surface area contributed by atoms with Crippen molar-refractivity contribution in [3.05, 3.63) is 79.9 Å². The molecule has 0 unspecified atom stereocenters. The molecule has 40 heavy (non-hydrogen) atoms. The molecule has 2 aromatic rings. The molecule has 2 aromatic carbocycles. The Hall–Kier alpha value is -4.88. The molecule has 0 spiro atoms. The zero-order valence-corrected chi connectivity index (χ0v) is 22.6. The van der Waals surface area contributed by atoms with Crippen LogP contribution in [0.2, 0.25) is 0 Å². The second-order valence-corrected chi connectivity index (χ2v) is 10.3. The lowest BCUT2D eigenvalue weighted by molar-refractivity contribution is -0.385. The second-order valence-electron chi connectivity index (χ2n) is 10.3. The van der Waals surface area contributed by atoms with E-state index in [9.17, 15) is 39.4 Å². The Morgan fingerprint density at radius 1 is 0.600 bits per heavy atom. The first-order chi connectivity index (χ1) is 18.4. The van der Waals surface area contributed by atoms with E-state index in [-0.39, 0.29) is 22.5 Å². The van der Waals surface area contributed by atoms with Crippen LogP contribution in [0.4, 0.5) is 11.4 Å². The van der Waals surface area contributed by atoms with Crippen molar-refractivity contribution in [2.24, 2.45) is 0 Å². The fourth-order valence-corrected chi connectivity index (χ4v) is 2.99. The summed E-state index contributed by atoms with van der Waals surface area (Å²) in [6, 6.07) is 8.38. The number of nitro groups is 2. The van der Waals surface area contributed by atoms with Crippen LogP contribution in [0.3, 0.4) is 0 Å². The third-order valence-electron chi connectivity index (χ3n) is 4.65. The molecule has 0 aromatic heterocycles. The Morgan fingerprint density at radius 2 is 0.875 bits per heavy atom. The van der Waals surface area contributed by atoms with Crippen LogP contribution >= 0.6 is 0 Å². The van der Waals surface area contributed by atoms with E-state index in [1.165, 1.54) is 41.5 Å². The standard InChI is InChI=1S/C26H28N2O12/c1-25(2,3)39-23(31)19(37-21(29)15-7-11-17(12-8-15)27(33)34)20(24(32)40-26(4,5)6)38-22(30)16-9-13-18(14-10-16)28(35)36/h7-14,19-20H,1-6H3/t19-,20-/m1/s1. The Bertz CT molecular complexity index is 1190. The second kappa shape index (κ2) is 12.3. The van der Waals surface area contributed by atoms with E-state index in [2.05, 4.69) is 0 Å². The van der Waals surface area contributed by atoms with E-state index >= 15 is 0 Å². The monoisotopic (exact) mass is 560 g/mol. The fraction of sp³-hybridized carbons (Fsp3) is 0.385. The van der Waals surface area contributed by atoms with E-state index < -0.39 is 57.1 Å². The number of benzene rings is 2. The van der Waals surface area contributed by atoms with E-state index in [4.69, 9.17) is 18.9 Å². The van der Waals surface area contributed by atoms with Crippen LogP contribution in [0.1, 0.15) is 62.3 Å². The van der Waals surface area contributed by atoms with Crippen LogP contribution in [0, 0.1) is 20.2 Å². The SMILES string of the molecule is CC(C)(C)OC(=O)[C@H](OC(=O)c1ccc([N+](=O)[O-])cc1)[C@@H](OC(=O)c1ccc([N+](=O)[O-])cc1)C(=O)OC(C)(C)C. The molecule has 0 bridgehead atoms. The molecule has 0 aliphatic carbocycles. The van der Waals surface area contributed by atoms with Gasteiger partial charge in [0.2, 0.25) is 12.2 Å². The first kappa shape index (κ1) is 31.3. The average Bonchev–Trinajstić information content (AvgIpc) is 2.83. The number of hydrogen-bond acceptors (Lipinski definition) is 12. The Labute approximate surface area is 228 Å². The van der Waals surface area contributed by atoms with Crippen molar-refractivity contribution in [2.45, 2.75) is 65.0 Å². The number of nitro benzene ring substituents is 2. The summed E-state index contributed by atoms with van der Waals surface area (Å²) in [5, 5.41) is 21.9. The van der Waals surface area contributed by atoms with Gasteiger partial charge in [0, 0.05) is 24.3 Å². The maximum atomic E-state index is 13.2. The van der Waals surface area contributed by atoms with Gasteiger partial charge in [-0.1, -0.05) is 0 Å². The van der Waals surface area contributed by atoms with Crippen molar-refractivity contribution in [3.63, 3.8) is 0 Å². The fourth-order valence-electron chi connectivity index (χ4n) is 2.99. The van der Waals surface area contributed by atoms with Gasteiger partial charge in [-0.2, -0.15) is 0 Å². The van der Waals surface area contributed by atoms with Gasteiger partial charge in [-0.3, -0.25) is 20.2 Å². The third-order valence-corrected chi connectivity index (χ3v) is 4.65. The topological polar surface area (TPSA) is 191 Å². The predicted molar refractivity (Wildman–Crippen MR) is 136 cm³/mol. The van der Waals surface area contributed by atoms with Gasteiger partial charge in [-0.25, -0.2) is 19.2 Å². The largest absolute Gasteiger partial charge is 0.457 e. The number of esters is 4. The van der Waals surface area contributed by atoms with E-state index in [0.717, 1.165) is 48.5 Å². The van der Waals surface area contributed by atoms with E-state index in [1.54, 1.807) is 0 Å². The molecule has 14 nitrogen and oxygen atoms in total. The lowest BCUT2D eigenvalue weighted by Crippen LogP contribution is -2.50. The molecular formula is C26H28N2O12. The van der Waals surface area contributed by atoms with Gasteiger partial charge >= 0.3 is 23.9 Å². The van der Waals surface area contributed by atoms with Gasteiger partial charge in [-0.05, 0) is 65.8 Å². The molecular weight excluding hydrogens is 532 g/mol. The highest BCUT2D eigenvalue weighted by Gasteiger charge is 2.45. The van der Waals surface area contributed by atoms with Gasteiger partial charge in [0.1, 0.15) is 11.2 Å². The molecule has 0 aliphatic heterocycles. The summed E-state index contributed by atoms with van der Waals surface area (Å²) in [4.78, 5) is 72.6. The van der Waals surface area contributed by atoms with Crippen LogP contribution < -0.4 is 0 Å². The molecule has 0 heterocycles. The summed E-state index contributed by atoms with van der Waals surface area (Å²) in [5.74, 6) is -4.89. The molecule has 0 amide bonds. The van der Waals surface area contributed by atoms with Gasteiger partial charge in [0.15, 0.2) is 0 Å². The lowest BCUT2D eigenvalue weighted by Gasteiger charge is -2.29. The highest BCUT2D eigenvalue weighted by atomic mass is 16.6. The maximum absolute atomic E-state index is 13.2. The van der Waals surface area contributed by atoms with Gasteiger partial charge < -0.3 is 18.9 Å². The normalized spacial score (nSPS) is 12.8. The minimum absolute atomic E-state index is 0.219. The molecule has 0 radical (unpaired) electrons. The Balaban J connectivity index is 2.50. The maximum Gasteiger partial charge on any atom is 0.352 e. The first-order valence-electron chi connectivity index (χ1n) is 11.7. The van der Waals surface area contributed by atoms with E-state index in [1.807, 2.05) is 0 Å². The molecule has 0 aliphatic rings. The average molecular weight is 561 g/mol. The van der Waals surface area contributed by atoms with Gasteiger partial charge in [0.25, 0.3) is 11.4 Å². The number of non-ortho nitro benzene ring substituents is 2. The van der Waals surface area contributed by atoms with Crippen molar-refractivity contribution in [1.82, 2.24) is 0 Å². The quantitative estimate of drug-likeness (QED) is 0.186. The van der Waals surface area contributed by atoms with Crippen LogP contribution in [-0.4, -0.2) is 57.1 Å².